The van der Waals surface area contributed by atoms with E-state index in [1.54, 1.807) is 18.3 Å². The van der Waals surface area contributed by atoms with Crippen molar-refractivity contribution in [3.63, 3.8) is 0 Å². The molecule has 0 bridgehead atoms. The first kappa shape index (κ1) is 12.1. The first-order chi connectivity index (χ1) is 7.25. The van der Waals surface area contributed by atoms with Crippen molar-refractivity contribution in [3.8, 4) is 0 Å². The van der Waals surface area contributed by atoms with E-state index in [4.69, 9.17) is 5.73 Å². The number of rotatable bonds is 5. The Bertz CT molecular complexity index is 330. The molecule has 1 aromatic heterocycles. The Morgan fingerprint density at radius 2 is 2.33 bits per heavy atom. The van der Waals surface area contributed by atoms with Crippen LogP contribution in [0.2, 0.25) is 0 Å². The number of pyridine rings is 1. The lowest BCUT2D eigenvalue weighted by molar-refractivity contribution is 0.0952. The zero-order valence-corrected chi connectivity index (χ0v) is 9.96. The third-order valence-corrected chi connectivity index (χ3v) is 2.55. The van der Waals surface area contributed by atoms with Gasteiger partial charge in [-0.15, -0.1) is 0 Å². The van der Waals surface area contributed by atoms with E-state index in [9.17, 15) is 4.79 Å². The first-order valence-electron chi connectivity index (χ1n) is 4.84. The molecule has 0 atom stereocenters. The number of nitrogens with zero attached hydrogens (tertiary/aromatic N) is 1. The summed E-state index contributed by atoms with van der Waals surface area (Å²) in [5.74, 6) is -0.105. The van der Waals surface area contributed by atoms with Gasteiger partial charge in [0.2, 0.25) is 0 Å². The minimum Gasteiger partial charge on any atom is -0.352 e. The Hall–Kier alpha value is -0.940. The summed E-state index contributed by atoms with van der Waals surface area (Å²) in [7, 11) is 0. The lowest BCUT2D eigenvalue weighted by Gasteiger charge is -2.05. The summed E-state index contributed by atoms with van der Waals surface area (Å²) in [6.07, 6.45) is 3.46. The number of hydrogen-bond donors (Lipinski definition) is 2. The number of aromatic nitrogens is 1. The summed E-state index contributed by atoms with van der Waals surface area (Å²) < 4.78 is 0.571. The molecule has 0 fully saturated rings. The SMILES string of the molecule is NCCCCNC(=O)c1cccnc1Br. The molecule has 82 valence electrons. The predicted octanol–water partition coefficient (Wildman–Crippen LogP) is 1.31. The van der Waals surface area contributed by atoms with E-state index >= 15 is 0 Å². The van der Waals surface area contributed by atoms with E-state index in [1.807, 2.05) is 0 Å². The van der Waals surface area contributed by atoms with Crippen molar-refractivity contribution < 1.29 is 4.79 Å². The Balaban J connectivity index is 2.44. The van der Waals surface area contributed by atoms with E-state index < -0.39 is 0 Å². The number of hydrogen-bond acceptors (Lipinski definition) is 3. The molecule has 0 aliphatic rings. The van der Waals surface area contributed by atoms with Gasteiger partial charge in [-0.3, -0.25) is 4.79 Å². The molecule has 15 heavy (non-hydrogen) atoms. The van der Waals surface area contributed by atoms with Crippen molar-refractivity contribution in [2.24, 2.45) is 5.73 Å². The van der Waals surface area contributed by atoms with Crippen LogP contribution < -0.4 is 11.1 Å². The molecule has 4 nitrogen and oxygen atoms in total. The van der Waals surface area contributed by atoms with Crippen LogP contribution in [0.25, 0.3) is 0 Å². The molecular formula is C10H14BrN3O. The average Bonchev–Trinajstić information content (AvgIpc) is 2.25. The number of nitrogens with two attached hydrogens (primary N) is 1. The van der Waals surface area contributed by atoms with Gasteiger partial charge in [-0.2, -0.15) is 0 Å². The van der Waals surface area contributed by atoms with Crippen molar-refractivity contribution in [2.45, 2.75) is 12.8 Å². The second kappa shape index (κ2) is 6.53. The number of unbranched alkanes of at least 4 members (excludes halogenated alkanes) is 1. The molecule has 0 aliphatic heterocycles. The maximum Gasteiger partial charge on any atom is 0.254 e. The van der Waals surface area contributed by atoms with E-state index in [2.05, 4.69) is 26.2 Å². The molecule has 1 aromatic rings. The smallest absolute Gasteiger partial charge is 0.254 e. The second-order valence-corrected chi connectivity index (χ2v) is 3.84. The monoisotopic (exact) mass is 271 g/mol. The summed E-state index contributed by atoms with van der Waals surface area (Å²) in [6.45, 7) is 1.31. The van der Waals surface area contributed by atoms with E-state index in [0.717, 1.165) is 12.8 Å². The largest absolute Gasteiger partial charge is 0.352 e. The lowest BCUT2D eigenvalue weighted by atomic mass is 10.2. The van der Waals surface area contributed by atoms with Gasteiger partial charge in [0, 0.05) is 12.7 Å². The highest BCUT2D eigenvalue weighted by molar-refractivity contribution is 9.10. The third kappa shape index (κ3) is 3.97. The van der Waals surface area contributed by atoms with Crippen molar-refractivity contribution >= 4 is 21.8 Å². The van der Waals surface area contributed by atoms with Crippen molar-refractivity contribution in [3.05, 3.63) is 28.5 Å². The third-order valence-electron chi connectivity index (χ3n) is 1.92. The van der Waals surface area contributed by atoms with Gasteiger partial charge in [-0.1, -0.05) is 0 Å². The van der Waals surface area contributed by atoms with Crippen molar-refractivity contribution in [1.29, 1.82) is 0 Å². The van der Waals surface area contributed by atoms with E-state index in [1.165, 1.54) is 0 Å². The van der Waals surface area contributed by atoms with E-state index in [-0.39, 0.29) is 5.91 Å². The minimum atomic E-state index is -0.105. The van der Waals surface area contributed by atoms with Crippen LogP contribution in [0.5, 0.6) is 0 Å². The van der Waals surface area contributed by atoms with Crippen LogP contribution in [0.15, 0.2) is 22.9 Å². The van der Waals surface area contributed by atoms with Crippen molar-refractivity contribution in [1.82, 2.24) is 10.3 Å². The van der Waals surface area contributed by atoms with Gasteiger partial charge in [0.05, 0.1) is 5.56 Å². The minimum absolute atomic E-state index is 0.105. The number of carbonyl (C=O) groups is 1. The molecule has 1 amide bonds. The topological polar surface area (TPSA) is 68.0 Å². The maximum atomic E-state index is 11.6. The molecule has 0 saturated carbocycles. The van der Waals surface area contributed by atoms with Crippen LogP contribution in [0.3, 0.4) is 0 Å². The van der Waals surface area contributed by atoms with Gasteiger partial charge in [-0.25, -0.2) is 4.98 Å². The van der Waals surface area contributed by atoms with E-state index in [0.29, 0.717) is 23.3 Å². The van der Waals surface area contributed by atoms with Gasteiger partial charge in [0.15, 0.2) is 0 Å². The molecule has 3 N–H and O–H groups in total. The van der Waals surface area contributed by atoms with Crippen LogP contribution in [0.1, 0.15) is 23.2 Å². The van der Waals surface area contributed by atoms with Crippen LogP contribution >= 0.6 is 15.9 Å². The van der Waals surface area contributed by atoms with Gasteiger partial charge >= 0.3 is 0 Å². The maximum absolute atomic E-state index is 11.6. The molecule has 0 spiro atoms. The number of carbonyl (C=O) groups excluding carboxylic acids is 1. The Labute approximate surface area is 97.4 Å². The molecule has 1 heterocycles. The summed E-state index contributed by atoms with van der Waals surface area (Å²) >= 11 is 3.23. The fraction of sp³-hybridized carbons (Fsp3) is 0.400. The molecule has 0 saturated heterocycles. The fourth-order valence-electron chi connectivity index (χ4n) is 1.12. The second-order valence-electron chi connectivity index (χ2n) is 3.09. The average molecular weight is 272 g/mol. The summed E-state index contributed by atoms with van der Waals surface area (Å²) in [5, 5.41) is 2.81. The fourth-order valence-corrected chi connectivity index (χ4v) is 1.55. The van der Waals surface area contributed by atoms with Crippen LogP contribution in [0.4, 0.5) is 0 Å². The summed E-state index contributed by atoms with van der Waals surface area (Å²) in [5.41, 5.74) is 5.91. The summed E-state index contributed by atoms with van der Waals surface area (Å²) in [4.78, 5) is 15.6. The number of halogens is 1. The summed E-state index contributed by atoms with van der Waals surface area (Å²) in [6, 6.07) is 3.47. The van der Waals surface area contributed by atoms with Gasteiger partial charge in [0.25, 0.3) is 5.91 Å². The zero-order chi connectivity index (χ0) is 11.1. The highest BCUT2D eigenvalue weighted by atomic mass is 79.9. The number of nitrogens with one attached hydrogen (secondary N) is 1. The van der Waals surface area contributed by atoms with Crippen LogP contribution in [-0.4, -0.2) is 24.0 Å². The molecule has 0 radical (unpaired) electrons. The lowest BCUT2D eigenvalue weighted by Crippen LogP contribution is -2.25. The Kier molecular flexibility index (Phi) is 5.28. The molecule has 0 aliphatic carbocycles. The van der Waals surface area contributed by atoms with Crippen molar-refractivity contribution in [2.75, 3.05) is 13.1 Å². The van der Waals surface area contributed by atoms with Gasteiger partial charge in [0.1, 0.15) is 4.60 Å². The highest BCUT2D eigenvalue weighted by Gasteiger charge is 2.08. The zero-order valence-electron chi connectivity index (χ0n) is 8.37. The molecule has 0 aromatic carbocycles. The first-order valence-corrected chi connectivity index (χ1v) is 5.64. The van der Waals surface area contributed by atoms with Gasteiger partial charge in [-0.05, 0) is 47.4 Å². The molecule has 0 unspecified atom stereocenters. The highest BCUT2D eigenvalue weighted by Crippen LogP contribution is 2.11. The van der Waals surface area contributed by atoms with Gasteiger partial charge < -0.3 is 11.1 Å². The molecule has 5 heteroatoms. The molecule has 1 rings (SSSR count). The Morgan fingerprint density at radius 3 is 3.00 bits per heavy atom. The quantitative estimate of drug-likeness (QED) is 0.627. The number of amides is 1. The Morgan fingerprint density at radius 1 is 1.53 bits per heavy atom. The van der Waals surface area contributed by atoms with Crippen LogP contribution in [0, 0.1) is 0 Å². The standard InChI is InChI=1S/C10H14BrN3O/c11-9-8(4-3-7-13-9)10(15)14-6-2-1-5-12/h3-4,7H,1-2,5-6,12H2,(H,14,15). The normalized spacial score (nSPS) is 10.0. The molecular weight excluding hydrogens is 258 g/mol. The predicted molar refractivity (Wildman–Crippen MR) is 62.6 cm³/mol. The van der Waals surface area contributed by atoms with Crippen LogP contribution in [-0.2, 0) is 0 Å².